The number of para-hydroxylation sites is 1. The van der Waals surface area contributed by atoms with E-state index in [0.717, 1.165) is 43.9 Å². The summed E-state index contributed by atoms with van der Waals surface area (Å²) in [5.74, 6) is 2.26. The second-order valence-electron chi connectivity index (χ2n) is 8.22. The van der Waals surface area contributed by atoms with Crippen molar-refractivity contribution in [2.45, 2.75) is 37.9 Å². The molecule has 168 valence electrons. The first-order chi connectivity index (χ1) is 15.9. The van der Waals surface area contributed by atoms with Crippen molar-refractivity contribution in [2.75, 3.05) is 26.3 Å². The molecule has 0 aromatic heterocycles. The van der Waals surface area contributed by atoms with Crippen molar-refractivity contribution in [2.24, 2.45) is 0 Å². The van der Waals surface area contributed by atoms with Crippen molar-refractivity contribution in [1.29, 1.82) is 0 Å². The third-order valence-electron chi connectivity index (χ3n) is 5.86. The lowest BCUT2D eigenvalue weighted by Gasteiger charge is -2.32. The van der Waals surface area contributed by atoms with Crippen LogP contribution in [0.2, 0.25) is 0 Å². The van der Waals surface area contributed by atoms with Crippen LogP contribution in [0, 0.1) is 0 Å². The van der Waals surface area contributed by atoms with E-state index in [-0.39, 0.29) is 6.10 Å². The number of unbranched alkanes of at least 4 members (excludes halogenated alkanes) is 1. The standard InChI is InChI=1S/C28H33NO3/c1-3-9-23(10-4-1)22-32-28-21-29-18-17-27(28)24-13-15-26(16-14-24)31-20-8-7-19-30-25-11-5-2-6-12-25/h1-6,9-16,27-29H,7-8,17-22H2/t27-,28+/m1/s1. The average molecular weight is 432 g/mol. The lowest BCUT2D eigenvalue weighted by Crippen LogP contribution is -2.40. The molecule has 0 unspecified atom stereocenters. The molecule has 4 heteroatoms. The summed E-state index contributed by atoms with van der Waals surface area (Å²) < 4.78 is 18.0. The Kier molecular flexibility index (Phi) is 8.58. The van der Waals surface area contributed by atoms with E-state index in [1.807, 2.05) is 36.4 Å². The Bertz CT molecular complexity index is 899. The maximum Gasteiger partial charge on any atom is 0.119 e. The molecule has 4 rings (SSSR count). The minimum absolute atomic E-state index is 0.181. The normalized spacial score (nSPS) is 18.2. The van der Waals surface area contributed by atoms with E-state index in [2.05, 4.69) is 53.8 Å². The highest BCUT2D eigenvalue weighted by Gasteiger charge is 2.27. The lowest BCUT2D eigenvalue weighted by molar-refractivity contribution is 0.0106. The van der Waals surface area contributed by atoms with E-state index in [1.54, 1.807) is 0 Å². The number of hydrogen-bond donors (Lipinski definition) is 1. The van der Waals surface area contributed by atoms with E-state index >= 15 is 0 Å². The van der Waals surface area contributed by atoms with Crippen LogP contribution in [-0.2, 0) is 11.3 Å². The first kappa shape index (κ1) is 22.4. The molecule has 1 N–H and O–H groups in total. The van der Waals surface area contributed by atoms with Crippen LogP contribution in [0.25, 0.3) is 0 Å². The number of benzene rings is 3. The molecular weight excluding hydrogens is 398 g/mol. The monoisotopic (exact) mass is 431 g/mol. The van der Waals surface area contributed by atoms with Gasteiger partial charge in [0.2, 0.25) is 0 Å². The summed E-state index contributed by atoms with van der Waals surface area (Å²) >= 11 is 0. The molecule has 0 bridgehead atoms. The molecule has 0 amide bonds. The van der Waals surface area contributed by atoms with Gasteiger partial charge in [0, 0.05) is 12.5 Å². The van der Waals surface area contributed by atoms with Crippen LogP contribution in [0.5, 0.6) is 11.5 Å². The summed E-state index contributed by atoms with van der Waals surface area (Å²) in [6.45, 7) is 3.99. The summed E-state index contributed by atoms with van der Waals surface area (Å²) in [6, 6.07) is 28.9. The quantitative estimate of drug-likeness (QED) is 0.402. The average Bonchev–Trinajstić information content (AvgIpc) is 2.87. The highest BCUT2D eigenvalue weighted by atomic mass is 16.5. The Morgan fingerprint density at radius 2 is 1.34 bits per heavy atom. The van der Waals surface area contributed by atoms with Gasteiger partial charge in [0.05, 0.1) is 25.9 Å². The van der Waals surface area contributed by atoms with Crippen LogP contribution in [0.4, 0.5) is 0 Å². The predicted octanol–water partition coefficient (Wildman–Crippen LogP) is 5.59. The van der Waals surface area contributed by atoms with Gasteiger partial charge in [0.25, 0.3) is 0 Å². The third-order valence-corrected chi connectivity index (χ3v) is 5.86. The molecule has 4 nitrogen and oxygen atoms in total. The van der Waals surface area contributed by atoms with E-state index in [0.29, 0.717) is 25.7 Å². The Balaban J connectivity index is 1.20. The van der Waals surface area contributed by atoms with Gasteiger partial charge in [0.1, 0.15) is 11.5 Å². The molecular formula is C28H33NO3. The van der Waals surface area contributed by atoms with Gasteiger partial charge in [-0.15, -0.1) is 0 Å². The minimum Gasteiger partial charge on any atom is -0.494 e. The van der Waals surface area contributed by atoms with Gasteiger partial charge in [-0.3, -0.25) is 0 Å². The fraction of sp³-hybridized carbons (Fsp3) is 0.357. The summed E-state index contributed by atoms with van der Waals surface area (Å²) in [5, 5.41) is 3.48. The number of piperidine rings is 1. The van der Waals surface area contributed by atoms with Crippen LogP contribution in [0.1, 0.15) is 36.3 Å². The molecule has 1 aliphatic rings. The topological polar surface area (TPSA) is 39.7 Å². The number of ether oxygens (including phenoxy) is 3. The second-order valence-corrected chi connectivity index (χ2v) is 8.22. The van der Waals surface area contributed by atoms with Crippen LogP contribution in [0.3, 0.4) is 0 Å². The van der Waals surface area contributed by atoms with Crippen LogP contribution >= 0.6 is 0 Å². The highest BCUT2D eigenvalue weighted by Crippen LogP contribution is 2.29. The maximum absolute atomic E-state index is 6.30. The summed E-state index contributed by atoms with van der Waals surface area (Å²) in [5.41, 5.74) is 2.54. The SMILES string of the molecule is c1ccc(CO[C@H]2CNCC[C@@H]2c2ccc(OCCCCOc3ccccc3)cc2)cc1. The van der Waals surface area contributed by atoms with E-state index in [1.165, 1.54) is 11.1 Å². The molecule has 2 atom stereocenters. The van der Waals surface area contributed by atoms with Crippen molar-refractivity contribution in [1.82, 2.24) is 5.32 Å². The molecule has 0 radical (unpaired) electrons. The Morgan fingerprint density at radius 3 is 2.03 bits per heavy atom. The molecule has 1 heterocycles. The van der Waals surface area contributed by atoms with E-state index in [9.17, 15) is 0 Å². The molecule has 3 aromatic carbocycles. The van der Waals surface area contributed by atoms with Crippen LogP contribution < -0.4 is 14.8 Å². The fourth-order valence-corrected chi connectivity index (χ4v) is 4.08. The first-order valence-electron chi connectivity index (χ1n) is 11.7. The largest absolute Gasteiger partial charge is 0.494 e. The zero-order valence-electron chi connectivity index (χ0n) is 18.6. The van der Waals surface area contributed by atoms with Crippen molar-refractivity contribution in [3.63, 3.8) is 0 Å². The molecule has 3 aromatic rings. The third kappa shape index (κ3) is 6.84. The van der Waals surface area contributed by atoms with Gasteiger partial charge in [-0.1, -0.05) is 60.7 Å². The molecule has 0 spiro atoms. The summed E-state index contributed by atoms with van der Waals surface area (Å²) in [4.78, 5) is 0. The van der Waals surface area contributed by atoms with Crippen molar-refractivity contribution in [3.8, 4) is 11.5 Å². The van der Waals surface area contributed by atoms with Crippen molar-refractivity contribution in [3.05, 3.63) is 96.1 Å². The number of nitrogens with one attached hydrogen (secondary N) is 1. The van der Waals surface area contributed by atoms with Crippen LogP contribution in [-0.4, -0.2) is 32.4 Å². The predicted molar refractivity (Wildman–Crippen MR) is 128 cm³/mol. The van der Waals surface area contributed by atoms with Gasteiger partial charge in [-0.2, -0.15) is 0 Å². The first-order valence-corrected chi connectivity index (χ1v) is 11.7. The van der Waals surface area contributed by atoms with Gasteiger partial charge in [-0.25, -0.2) is 0 Å². The van der Waals surface area contributed by atoms with Crippen molar-refractivity contribution < 1.29 is 14.2 Å². The highest BCUT2D eigenvalue weighted by molar-refractivity contribution is 5.30. The summed E-state index contributed by atoms with van der Waals surface area (Å²) in [7, 11) is 0. The minimum atomic E-state index is 0.181. The Morgan fingerprint density at radius 1 is 0.719 bits per heavy atom. The second kappa shape index (κ2) is 12.3. The fourth-order valence-electron chi connectivity index (χ4n) is 4.08. The van der Waals surface area contributed by atoms with Gasteiger partial charge >= 0.3 is 0 Å². The Hall–Kier alpha value is -2.82. The van der Waals surface area contributed by atoms with Gasteiger partial charge < -0.3 is 19.5 Å². The molecule has 0 saturated carbocycles. The maximum atomic E-state index is 6.30. The molecule has 0 aliphatic carbocycles. The number of hydrogen-bond acceptors (Lipinski definition) is 4. The molecule has 1 aliphatic heterocycles. The van der Waals surface area contributed by atoms with Crippen molar-refractivity contribution >= 4 is 0 Å². The molecule has 32 heavy (non-hydrogen) atoms. The Labute approximate surface area is 191 Å². The zero-order chi connectivity index (χ0) is 21.8. The zero-order valence-corrected chi connectivity index (χ0v) is 18.6. The smallest absolute Gasteiger partial charge is 0.119 e. The van der Waals surface area contributed by atoms with Crippen LogP contribution in [0.15, 0.2) is 84.9 Å². The van der Waals surface area contributed by atoms with Gasteiger partial charge in [-0.05, 0) is 61.2 Å². The lowest BCUT2D eigenvalue weighted by atomic mass is 9.87. The summed E-state index contributed by atoms with van der Waals surface area (Å²) in [6.07, 6.45) is 3.21. The molecule has 1 fully saturated rings. The number of rotatable bonds is 11. The van der Waals surface area contributed by atoms with E-state index < -0.39 is 0 Å². The van der Waals surface area contributed by atoms with E-state index in [4.69, 9.17) is 14.2 Å². The molecule has 1 saturated heterocycles. The van der Waals surface area contributed by atoms with Gasteiger partial charge in [0.15, 0.2) is 0 Å².